The number of carbonyl (C=O) groups excluding carboxylic acids is 1. The van der Waals surface area contributed by atoms with E-state index in [-0.39, 0.29) is 5.78 Å². The molecular weight excluding hydrogens is 288 g/mol. The molecule has 20 heavy (non-hydrogen) atoms. The second kappa shape index (κ2) is 5.02. The van der Waals surface area contributed by atoms with Crippen molar-refractivity contribution in [2.75, 3.05) is 5.75 Å². The smallest absolute Gasteiger partial charge is 0.202 e. The Morgan fingerprint density at radius 2 is 2.00 bits per heavy atom. The Balaban J connectivity index is 1.68. The van der Waals surface area contributed by atoms with E-state index >= 15 is 0 Å². The normalized spacial score (nSPS) is 16.8. The number of thiophene rings is 1. The van der Waals surface area contributed by atoms with Crippen LogP contribution in [0.5, 0.6) is 0 Å². The van der Waals surface area contributed by atoms with Crippen LogP contribution in [0.4, 0.5) is 0 Å². The van der Waals surface area contributed by atoms with E-state index in [1.165, 1.54) is 21.8 Å². The molecule has 2 aliphatic rings. The number of ether oxygens (including phenoxy) is 1. The van der Waals surface area contributed by atoms with Crippen LogP contribution in [0.2, 0.25) is 0 Å². The number of ketones is 1. The summed E-state index contributed by atoms with van der Waals surface area (Å²) in [5.74, 6) is 2.39. The molecule has 2 nitrogen and oxygen atoms in total. The van der Waals surface area contributed by atoms with Crippen molar-refractivity contribution < 1.29 is 9.53 Å². The summed E-state index contributed by atoms with van der Waals surface area (Å²) in [6.07, 6.45) is 1.11. The molecule has 2 aromatic rings. The molecule has 0 amide bonds. The molecule has 1 aromatic carbocycles. The Kier molecular flexibility index (Phi) is 3.17. The topological polar surface area (TPSA) is 26.3 Å². The van der Waals surface area contributed by atoms with Crippen LogP contribution in [-0.4, -0.2) is 11.5 Å². The molecule has 0 N–H and O–H groups in total. The van der Waals surface area contributed by atoms with E-state index in [0.29, 0.717) is 13.2 Å². The molecule has 0 saturated heterocycles. The van der Waals surface area contributed by atoms with Gasteiger partial charge in [-0.05, 0) is 41.0 Å². The minimum absolute atomic E-state index is 0.157. The van der Waals surface area contributed by atoms with Crippen LogP contribution in [0.1, 0.15) is 36.8 Å². The van der Waals surface area contributed by atoms with Crippen molar-refractivity contribution in [3.63, 3.8) is 0 Å². The van der Waals surface area contributed by atoms with Gasteiger partial charge in [0.2, 0.25) is 5.78 Å². The summed E-state index contributed by atoms with van der Waals surface area (Å²) in [6, 6.07) is 8.05. The van der Waals surface area contributed by atoms with Gasteiger partial charge in [-0.2, -0.15) is 11.8 Å². The average Bonchev–Trinajstić information content (AvgIpc) is 3.11. The summed E-state index contributed by atoms with van der Waals surface area (Å²) in [4.78, 5) is 14.9. The van der Waals surface area contributed by atoms with E-state index in [0.717, 1.165) is 28.2 Å². The van der Waals surface area contributed by atoms with Gasteiger partial charge in [0, 0.05) is 16.2 Å². The van der Waals surface area contributed by atoms with Gasteiger partial charge in [-0.3, -0.25) is 4.79 Å². The molecule has 0 fully saturated rings. The minimum atomic E-state index is 0.157. The predicted molar refractivity (Wildman–Crippen MR) is 82.6 cm³/mol. The highest BCUT2D eigenvalue weighted by molar-refractivity contribution is 7.98. The maximum Gasteiger partial charge on any atom is 0.202 e. The van der Waals surface area contributed by atoms with Crippen molar-refractivity contribution in [3.05, 3.63) is 56.3 Å². The first-order valence-electron chi connectivity index (χ1n) is 6.75. The lowest BCUT2D eigenvalue weighted by Gasteiger charge is -2.08. The zero-order valence-electron chi connectivity index (χ0n) is 11.0. The van der Waals surface area contributed by atoms with Crippen LogP contribution in [0, 0.1) is 0 Å². The van der Waals surface area contributed by atoms with E-state index in [4.69, 9.17) is 4.74 Å². The third-order valence-corrected chi connectivity index (χ3v) is 6.08. The fourth-order valence-electron chi connectivity index (χ4n) is 2.71. The molecule has 4 rings (SSSR count). The first-order valence-corrected chi connectivity index (χ1v) is 8.72. The summed E-state index contributed by atoms with van der Waals surface area (Å²) in [7, 11) is 0. The van der Waals surface area contributed by atoms with Gasteiger partial charge in [0.1, 0.15) is 0 Å². The number of aryl methyl sites for hydroxylation is 1. The van der Waals surface area contributed by atoms with E-state index < -0.39 is 0 Å². The van der Waals surface area contributed by atoms with Crippen molar-refractivity contribution in [1.82, 2.24) is 0 Å². The molecule has 0 aliphatic carbocycles. The Morgan fingerprint density at radius 3 is 2.90 bits per heavy atom. The largest absolute Gasteiger partial charge is 0.372 e. The molecule has 0 spiro atoms. The number of hydrogen-bond donors (Lipinski definition) is 0. The second-order valence-corrected chi connectivity index (χ2v) is 7.41. The Morgan fingerprint density at radius 1 is 1.10 bits per heavy atom. The van der Waals surface area contributed by atoms with Crippen LogP contribution in [0.15, 0.2) is 24.3 Å². The molecule has 0 unspecified atom stereocenters. The van der Waals surface area contributed by atoms with Crippen molar-refractivity contribution >= 4 is 28.9 Å². The van der Waals surface area contributed by atoms with Crippen LogP contribution < -0.4 is 0 Å². The van der Waals surface area contributed by atoms with Crippen LogP contribution >= 0.6 is 23.1 Å². The number of fused-ring (bicyclic) bond motifs is 2. The van der Waals surface area contributed by atoms with Gasteiger partial charge in [0.15, 0.2) is 0 Å². The van der Waals surface area contributed by atoms with Crippen molar-refractivity contribution in [2.24, 2.45) is 0 Å². The monoisotopic (exact) mass is 302 g/mol. The van der Waals surface area contributed by atoms with Crippen molar-refractivity contribution in [2.45, 2.75) is 25.4 Å². The highest BCUT2D eigenvalue weighted by atomic mass is 32.2. The molecule has 0 bridgehead atoms. The summed E-state index contributed by atoms with van der Waals surface area (Å²) in [6.45, 7) is 1.31. The lowest BCUT2D eigenvalue weighted by atomic mass is 10.0. The first kappa shape index (κ1) is 12.6. The molecule has 0 atom stereocenters. The molecule has 1 aromatic heterocycles. The van der Waals surface area contributed by atoms with Gasteiger partial charge in [-0.1, -0.05) is 12.1 Å². The number of carbonyl (C=O) groups is 1. The van der Waals surface area contributed by atoms with E-state index in [9.17, 15) is 4.79 Å². The first-order chi connectivity index (χ1) is 9.81. The number of benzene rings is 1. The fourth-order valence-corrected chi connectivity index (χ4v) is 5.05. The summed E-state index contributed by atoms with van der Waals surface area (Å²) < 4.78 is 5.41. The zero-order chi connectivity index (χ0) is 13.5. The number of thioether (sulfide) groups is 1. The van der Waals surface area contributed by atoms with E-state index in [1.54, 1.807) is 11.3 Å². The third-order valence-electron chi connectivity index (χ3n) is 3.84. The van der Waals surface area contributed by atoms with Crippen LogP contribution in [0.25, 0.3) is 0 Å². The fraction of sp³-hybridized carbons (Fsp3) is 0.312. The summed E-state index contributed by atoms with van der Waals surface area (Å²) in [5, 5.41) is 0. The second-order valence-electron chi connectivity index (χ2n) is 5.17. The Labute approximate surface area is 126 Å². The molecule has 102 valence electrons. The zero-order valence-corrected chi connectivity index (χ0v) is 12.6. The molecule has 0 radical (unpaired) electrons. The van der Waals surface area contributed by atoms with Crippen molar-refractivity contribution in [3.8, 4) is 0 Å². The number of rotatable bonds is 2. The van der Waals surface area contributed by atoms with Gasteiger partial charge in [0.05, 0.1) is 18.1 Å². The molecule has 2 aliphatic heterocycles. The average molecular weight is 302 g/mol. The molecule has 3 heterocycles. The molecule has 0 saturated carbocycles. The highest BCUT2D eigenvalue weighted by Gasteiger charge is 2.20. The van der Waals surface area contributed by atoms with Crippen molar-refractivity contribution in [1.29, 1.82) is 0 Å². The van der Waals surface area contributed by atoms with Crippen LogP contribution in [-0.2, 0) is 30.1 Å². The summed E-state index contributed by atoms with van der Waals surface area (Å²) in [5.41, 5.74) is 4.52. The van der Waals surface area contributed by atoms with Crippen LogP contribution in [0.3, 0.4) is 0 Å². The molecular formula is C16H14O2S2. The minimum Gasteiger partial charge on any atom is -0.372 e. The maximum absolute atomic E-state index is 12.6. The Hall–Kier alpha value is -1.10. The SMILES string of the molecule is O=C(c1ccc2c(c1)COC2)c1cc2c(s1)CCSC2. The van der Waals surface area contributed by atoms with E-state index in [2.05, 4.69) is 6.07 Å². The molecule has 4 heteroatoms. The van der Waals surface area contributed by atoms with Gasteiger partial charge >= 0.3 is 0 Å². The van der Waals surface area contributed by atoms with Gasteiger partial charge in [0.25, 0.3) is 0 Å². The van der Waals surface area contributed by atoms with Gasteiger partial charge < -0.3 is 4.74 Å². The maximum atomic E-state index is 12.6. The van der Waals surface area contributed by atoms with Gasteiger partial charge in [-0.15, -0.1) is 11.3 Å². The van der Waals surface area contributed by atoms with E-state index in [1.807, 2.05) is 30.0 Å². The number of hydrogen-bond acceptors (Lipinski definition) is 4. The standard InChI is InChI=1S/C16H14O2S2/c17-16(10-1-2-11-7-18-8-12(11)5-10)15-6-13-9-19-4-3-14(13)20-15/h1-2,5-6H,3-4,7-9H2. The highest BCUT2D eigenvalue weighted by Crippen LogP contribution is 2.33. The lowest BCUT2D eigenvalue weighted by molar-refractivity contribution is 0.104. The Bertz CT molecular complexity index is 664. The predicted octanol–water partition coefficient (Wildman–Crippen LogP) is 3.80. The quantitative estimate of drug-likeness (QED) is 0.789. The van der Waals surface area contributed by atoms with Gasteiger partial charge in [-0.25, -0.2) is 0 Å². The third kappa shape index (κ3) is 2.12. The summed E-state index contributed by atoms with van der Waals surface area (Å²) >= 11 is 3.63. The lowest BCUT2D eigenvalue weighted by Crippen LogP contribution is -2.00.